The van der Waals surface area contributed by atoms with Crippen LogP contribution in [0, 0.1) is 0 Å². The molecule has 2 aromatic heterocycles. The summed E-state index contributed by atoms with van der Waals surface area (Å²) in [5, 5.41) is 10.1. The Balaban J connectivity index is 1.45. The Morgan fingerprint density at radius 3 is 2.52 bits per heavy atom. The summed E-state index contributed by atoms with van der Waals surface area (Å²) in [6.45, 7) is 0.352. The van der Waals surface area contributed by atoms with Gasteiger partial charge in [-0.05, 0) is 23.1 Å². The highest BCUT2D eigenvalue weighted by Crippen LogP contribution is 2.22. The maximum absolute atomic E-state index is 12.0. The second-order valence-corrected chi connectivity index (χ2v) is 7.98. The average Bonchev–Trinajstić information content (AvgIpc) is 3.14. The third-order valence-electron chi connectivity index (χ3n) is 3.29. The number of aromatic nitrogens is 2. The Morgan fingerprint density at radius 1 is 1.00 bits per heavy atom. The molecular weight excluding hydrogens is 358 g/mol. The van der Waals surface area contributed by atoms with Gasteiger partial charge in [0, 0.05) is 12.6 Å². The van der Waals surface area contributed by atoms with Crippen LogP contribution in [-0.4, -0.2) is 31.8 Å². The number of hydrogen-bond acceptors (Lipinski definition) is 6. The van der Waals surface area contributed by atoms with E-state index in [1.807, 2.05) is 41.8 Å². The fourth-order valence-electron chi connectivity index (χ4n) is 2.15. The summed E-state index contributed by atoms with van der Waals surface area (Å²) < 4.78 is 31.9. The van der Waals surface area contributed by atoms with Gasteiger partial charge in [0.2, 0.25) is 15.9 Å². The van der Waals surface area contributed by atoms with E-state index >= 15 is 0 Å². The first kappa shape index (κ1) is 17.5. The molecule has 0 aliphatic heterocycles. The maximum atomic E-state index is 12.0. The lowest BCUT2D eigenvalue weighted by Crippen LogP contribution is -2.29. The SMILES string of the molecule is O=S(=O)(Cc1ccccc1)NCCOc1ccc(-c2cccs2)nn1. The smallest absolute Gasteiger partial charge is 0.233 e. The summed E-state index contributed by atoms with van der Waals surface area (Å²) in [6, 6.07) is 16.5. The second kappa shape index (κ2) is 8.19. The molecule has 8 heteroatoms. The summed E-state index contributed by atoms with van der Waals surface area (Å²) in [4.78, 5) is 1.03. The fourth-order valence-corrected chi connectivity index (χ4v) is 3.97. The molecule has 0 radical (unpaired) electrons. The van der Waals surface area contributed by atoms with Crippen molar-refractivity contribution in [3.63, 3.8) is 0 Å². The Hall–Kier alpha value is -2.29. The molecule has 0 amide bonds. The van der Waals surface area contributed by atoms with Crippen LogP contribution in [0.15, 0.2) is 60.0 Å². The van der Waals surface area contributed by atoms with Crippen molar-refractivity contribution in [1.82, 2.24) is 14.9 Å². The zero-order chi connectivity index (χ0) is 17.5. The summed E-state index contributed by atoms with van der Waals surface area (Å²) in [5.74, 6) is 0.311. The average molecular weight is 375 g/mol. The number of rotatable bonds is 8. The van der Waals surface area contributed by atoms with E-state index in [4.69, 9.17) is 4.74 Å². The molecule has 0 fully saturated rings. The van der Waals surface area contributed by atoms with Crippen LogP contribution in [0.4, 0.5) is 0 Å². The van der Waals surface area contributed by atoms with Gasteiger partial charge in [0.1, 0.15) is 12.3 Å². The van der Waals surface area contributed by atoms with Gasteiger partial charge in [-0.1, -0.05) is 36.4 Å². The van der Waals surface area contributed by atoms with Crippen molar-refractivity contribution in [3.05, 3.63) is 65.5 Å². The third-order valence-corrected chi connectivity index (χ3v) is 5.54. The van der Waals surface area contributed by atoms with Crippen molar-refractivity contribution in [2.75, 3.05) is 13.2 Å². The minimum Gasteiger partial charge on any atom is -0.475 e. The molecule has 0 aliphatic carbocycles. The molecule has 0 atom stereocenters. The normalized spacial score (nSPS) is 11.4. The molecule has 130 valence electrons. The quantitative estimate of drug-likeness (QED) is 0.612. The van der Waals surface area contributed by atoms with Crippen LogP contribution in [0.5, 0.6) is 5.88 Å². The molecule has 0 saturated carbocycles. The van der Waals surface area contributed by atoms with Crippen molar-refractivity contribution < 1.29 is 13.2 Å². The van der Waals surface area contributed by atoms with Crippen molar-refractivity contribution in [3.8, 4) is 16.5 Å². The van der Waals surface area contributed by atoms with Gasteiger partial charge < -0.3 is 4.74 Å². The predicted molar refractivity (Wildman–Crippen MR) is 97.9 cm³/mol. The van der Waals surface area contributed by atoms with Gasteiger partial charge in [-0.25, -0.2) is 13.1 Å². The van der Waals surface area contributed by atoms with E-state index in [2.05, 4.69) is 14.9 Å². The molecule has 0 aliphatic rings. The number of ether oxygens (including phenoxy) is 1. The monoisotopic (exact) mass is 375 g/mol. The summed E-state index contributed by atoms with van der Waals surface area (Å²) in [7, 11) is -3.39. The Bertz CT molecular complexity index is 881. The number of benzene rings is 1. The summed E-state index contributed by atoms with van der Waals surface area (Å²) in [6.07, 6.45) is 0. The summed E-state index contributed by atoms with van der Waals surface area (Å²) in [5.41, 5.74) is 1.52. The van der Waals surface area contributed by atoms with Gasteiger partial charge in [0.05, 0.1) is 10.6 Å². The molecule has 0 bridgehead atoms. The zero-order valence-corrected chi connectivity index (χ0v) is 15.0. The lowest BCUT2D eigenvalue weighted by atomic mass is 10.2. The molecule has 25 heavy (non-hydrogen) atoms. The number of hydrogen-bond donors (Lipinski definition) is 1. The van der Waals surface area contributed by atoms with Gasteiger partial charge in [-0.3, -0.25) is 0 Å². The Kier molecular flexibility index (Phi) is 5.75. The molecule has 2 heterocycles. The zero-order valence-electron chi connectivity index (χ0n) is 13.3. The molecule has 6 nitrogen and oxygen atoms in total. The lowest BCUT2D eigenvalue weighted by molar-refractivity contribution is 0.307. The van der Waals surface area contributed by atoms with Gasteiger partial charge >= 0.3 is 0 Å². The molecule has 0 unspecified atom stereocenters. The third kappa shape index (κ3) is 5.35. The molecule has 0 saturated heterocycles. The first-order valence-electron chi connectivity index (χ1n) is 7.64. The van der Waals surface area contributed by atoms with Crippen LogP contribution in [-0.2, 0) is 15.8 Å². The highest BCUT2D eigenvalue weighted by atomic mass is 32.2. The van der Waals surface area contributed by atoms with E-state index in [9.17, 15) is 8.42 Å². The van der Waals surface area contributed by atoms with E-state index in [1.54, 1.807) is 29.5 Å². The largest absolute Gasteiger partial charge is 0.475 e. The molecule has 3 aromatic rings. The van der Waals surface area contributed by atoms with E-state index in [0.29, 0.717) is 5.88 Å². The highest BCUT2D eigenvalue weighted by Gasteiger charge is 2.10. The maximum Gasteiger partial charge on any atom is 0.233 e. The van der Waals surface area contributed by atoms with E-state index in [1.165, 1.54) is 0 Å². The Morgan fingerprint density at radius 2 is 1.84 bits per heavy atom. The number of nitrogens with zero attached hydrogens (tertiary/aromatic N) is 2. The van der Waals surface area contributed by atoms with Crippen molar-refractivity contribution in [2.24, 2.45) is 0 Å². The fraction of sp³-hybridized carbons (Fsp3) is 0.176. The molecular formula is C17H17N3O3S2. The molecule has 3 rings (SSSR count). The number of nitrogens with one attached hydrogen (secondary N) is 1. The van der Waals surface area contributed by atoms with Crippen LogP contribution in [0.25, 0.3) is 10.6 Å². The number of thiophene rings is 1. The van der Waals surface area contributed by atoms with E-state index in [0.717, 1.165) is 16.1 Å². The standard InChI is InChI=1S/C17H17N3O3S2/c21-25(22,13-14-5-2-1-3-6-14)18-10-11-23-17-9-8-15(19-20-17)16-7-4-12-24-16/h1-9,12,18H,10-11,13H2. The van der Waals surface area contributed by atoms with Gasteiger partial charge in [-0.2, -0.15) is 0 Å². The topological polar surface area (TPSA) is 81.2 Å². The molecule has 1 N–H and O–H groups in total. The minimum atomic E-state index is -3.39. The highest BCUT2D eigenvalue weighted by molar-refractivity contribution is 7.88. The molecule has 0 spiro atoms. The predicted octanol–water partition coefficient (Wildman–Crippen LogP) is 2.70. The minimum absolute atomic E-state index is 0.0524. The van der Waals surface area contributed by atoms with Crippen molar-refractivity contribution in [1.29, 1.82) is 0 Å². The second-order valence-electron chi connectivity index (χ2n) is 5.22. The van der Waals surface area contributed by atoms with Crippen LogP contribution >= 0.6 is 11.3 Å². The van der Waals surface area contributed by atoms with Crippen LogP contribution in [0.2, 0.25) is 0 Å². The van der Waals surface area contributed by atoms with Crippen molar-refractivity contribution in [2.45, 2.75) is 5.75 Å². The van der Waals surface area contributed by atoms with E-state index in [-0.39, 0.29) is 18.9 Å². The Labute approximate surface area is 150 Å². The van der Waals surface area contributed by atoms with Crippen LogP contribution in [0.3, 0.4) is 0 Å². The first-order chi connectivity index (χ1) is 12.1. The van der Waals surface area contributed by atoms with E-state index < -0.39 is 10.0 Å². The van der Waals surface area contributed by atoms with Gasteiger partial charge in [0.15, 0.2) is 0 Å². The molecule has 1 aromatic carbocycles. The van der Waals surface area contributed by atoms with Crippen LogP contribution < -0.4 is 9.46 Å². The number of sulfonamides is 1. The van der Waals surface area contributed by atoms with Gasteiger partial charge in [0.25, 0.3) is 0 Å². The summed E-state index contributed by atoms with van der Waals surface area (Å²) >= 11 is 1.59. The first-order valence-corrected chi connectivity index (χ1v) is 10.2. The van der Waals surface area contributed by atoms with Crippen LogP contribution in [0.1, 0.15) is 5.56 Å². The lowest BCUT2D eigenvalue weighted by Gasteiger charge is -2.08. The van der Waals surface area contributed by atoms with Crippen molar-refractivity contribution >= 4 is 21.4 Å². The van der Waals surface area contributed by atoms with Gasteiger partial charge in [-0.15, -0.1) is 21.5 Å².